The van der Waals surface area contributed by atoms with Crippen molar-refractivity contribution < 1.29 is 4.74 Å². The van der Waals surface area contributed by atoms with Crippen LogP contribution < -0.4 is 5.32 Å². The molecule has 1 aliphatic rings. The van der Waals surface area contributed by atoms with Crippen molar-refractivity contribution in [2.75, 3.05) is 7.11 Å². The maximum Gasteiger partial charge on any atom is 0.0805 e. The van der Waals surface area contributed by atoms with Crippen LogP contribution >= 0.6 is 11.3 Å². The summed E-state index contributed by atoms with van der Waals surface area (Å²) in [6, 6.07) is 8.81. The van der Waals surface area contributed by atoms with E-state index in [1.807, 2.05) is 0 Å². The van der Waals surface area contributed by atoms with Crippen LogP contribution in [0.5, 0.6) is 0 Å². The highest BCUT2D eigenvalue weighted by Crippen LogP contribution is 2.32. The number of hydrogen-bond donors (Lipinski definition) is 1. The Kier molecular flexibility index (Phi) is 2.97. The zero-order chi connectivity index (χ0) is 11.7. The van der Waals surface area contributed by atoms with Gasteiger partial charge in [0.1, 0.15) is 0 Å². The van der Waals surface area contributed by atoms with Crippen molar-refractivity contribution in [1.82, 2.24) is 5.32 Å². The second-order valence-corrected chi connectivity index (χ2v) is 5.28. The number of rotatable bonds is 3. The quantitative estimate of drug-likeness (QED) is 0.897. The van der Waals surface area contributed by atoms with Crippen LogP contribution in [0.15, 0.2) is 29.6 Å². The standard InChI is InChI=1S/C14H15NOS/c1-16-8-12-5-11(9-17-12)13-4-2-3-10-6-15-7-14(10)13/h2-5,9,15H,6-8H2,1H3. The zero-order valence-electron chi connectivity index (χ0n) is 9.82. The molecule has 0 fully saturated rings. The Hall–Kier alpha value is -1.16. The van der Waals surface area contributed by atoms with Gasteiger partial charge in [0.25, 0.3) is 0 Å². The number of fused-ring (bicyclic) bond motifs is 1. The van der Waals surface area contributed by atoms with E-state index in [-0.39, 0.29) is 0 Å². The van der Waals surface area contributed by atoms with Crippen LogP contribution in [0.4, 0.5) is 0 Å². The maximum atomic E-state index is 5.17. The summed E-state index contributed by atoms with van der Waals surface area (Å²) >= 11 is 1.77. The third-order valence-corrected chi connectivity index (χ3v) is 4.05. The molecule has 0 saturated carbocycles. The van der Waals surface area contributed by atoms with Gasteiger partial charge in [0, 0.05) is 25.1 Å². The van der Waals surface area contributed by atoms with E-state index in [2.05, 4.69) is 35.0 Å². The van der Waals surface area contributed by atoms with E-state index < -0.39 is 0 Å². The largest absolute Gasteiger partial charge is 0.379 e. The Morgan fingerprint density at radius 1 is 1.35 bits per heavy atom. The fourth-order valence-corrected chi connectivity index (χ4v) is 3.20. The average Bonchev–Trinajstić information content (AvgIpc) is 2.96. The predicted octanol–water partition coefficient (Wildman–Crippen LogP) is 3.16. The number of ether oxygens (including phenoxy) is 1. The third-order valence-electron chi connectivity index (χ3n) is 3.14. The highest BCUT2D eigenvalue weighted by atomic mass is 32.1. The van der Waals surface area contributed by atoms with Crippen molar-refractivity contribution in [3.05, 3.63) is 45.6 Å². The van der Waals surface area contributed by atoms with E-state index in [0.717, 1.165) is 13.1 Å². The fraction of sp³-hybridized carbons (Fsp3) is 0.286. The Morgan fingerprint density at radius 3 is 3.18 bits per heavy atom. The molecule has 2 aromatic rings. The molecule has 0 saturated heterocycles. The summed E-state index contributed by atoms with van der Waals surface area (Å²) in [5.41, 5.74) is 5.57. The van der Waals surface area contributed by atoms with Gasteiger partial charge in [0.2, 0.25) is 0 Å². The molecule has 17 heavy (non-hydrogen) atoms. The molecule has 0 amide bonds. The second kappa shape index (κ2) is 4.61. The van der Waals surface area contributed by atoms with E-state index >= 15 is 0 Å². The molecule has 2 heterocycles. The van der Waals surface area contributed by atoms with Crippen molar-refractivity contribution in [2.45, 2.75) is 19.7 Å². The average molecular weight is 245 g/mol. The molecule has 0 radical (unpaired) electrons. The summed E-state index contributed by atoms with van der Waals surface area (Å²) in [4.78, 5) is 1.28. The molecule has 1 N–H and O–H groups in total. The monoisotopic (exact) mass is 245 g/mol. The van der Waals surface area contributed by atoms with E-state index in [4.69, 9.17) is 4.74 Å². The van der Waals surface area contributed by atoms with Crippen LogP contribution in [-0.4, -0.2) is 7.11 Å². The van der Waals surface area contributed by atoms with Gasteiger partial charge in [-0.1, -0.05) is 18.2 Å². The van der Waals surface area contributed by atoms with Crippen LogP contribution in [0, 0.1) is 0 Å². The van der Waals surface area contributed by atoms with Gasteiger partial charge in [0.15, 0.2) is 0 Å². The molecular formula is C14H15NOS. The van der Waals surface area contributed by atoms with E-state index in [1.165, 1.54) is 27.1 Å². The van der Waals surface area contributed by atoms with Gasteiger partial charge in [-0.3, -0.25) is 0 Å². The van der Waals surface area contributed by atoms with Crippen molar-refractivity contribution in [1.29, 1.82) is 0 Å². The van der Waals surface area contributed by atoms with Crippen molar-refractivity contribution in [3.63, 3.8) is 0 Å². The summed E-state index contributed by atoms with van der Waals surface area (Å²) < 4.78 is 5.17. The van der Waals surface area contributed by atoms with E-state index in [9.17, 15) is 0 Å². The van der Waals surface area contributed by atoms with Gasteiger partial charge in [-0.05, 0) is 33.7 Å². The van der Waals surface area contributed by atoms with Crippen molar-refractivity contribution in [2.24, 2.45) is 0 Å². The first-order valence-electron chi connectivity index (χ1n) is 5.76. The molecule has 0 unspecified atom stereocenters. The van der Waals surface area contributed by atoms with Crippen LogP contribution in [0.3, 0.4) is 0 Å². The van der Waals surface area contributed by atoms with E-state index in [1.54, 1.807) is 18.4 Å². The normalized spacial score (nSPS) is 13.9. The molecule has 0 spiro atoms. The highest BCUT2D eigenvalue weighted by Gasteiger charge is 2.15. The van der Waals surface area contributed by atoms with Gasteiger partial charge >= 0.3 is 0 Å². The number of benzene rings is 1. The number of hydrogen-bond acceptors (Lipinski definition) is 3. The van der Waals surface area contributed by atoms with Crippen LogP contribution in [0.1, 0.15) is 16.0 Å². The summed E-state index contributed by atoms with van der Waals surface area (Å²) in [5.74, 6) is 0. The molecule has 3 heteroatoms. The lowest BCUT2D eigenvalue weighted by Gasteiger charge is -2.05. The first-order valence-corrected chi connectivity index (χ1v) is 6.64. The zero-order valence-corrected chi connectivity index (χ0v) is 10.6. The molecule has 1 aromatic heterocycles. The minimum absolute atomic E-state index is 0.706. The van der Waals surface area contributed by atoms with Gasteiger partial charge < -0.3 is 10.1 Å². The highest BCUT2D eigenvalue weighted by molar-refractivity contribution is 7.10. The molecule has 0 bridgehead atoms. The summed E-state index contributed by atoms with van der Waals surface area (Å²) in [6.45, 7) is 2.69. The Morgan fingerprint density at radius 2 is 2.29 bits per heavy atom. The molecular weight excluding hydrogens is 230 g/mol. The van der Waals surface area contributed by atoms with Gasteiger partial charge in [0.05, 0.1) is 6.61 Å². The number of methoxy groups -OCH3 is 1. The topological polar surface area (TPSA) is 21.3 Å². The first-order chi connectivity index (χ1) is 8.38. The molecule has 3 rings (SSSR count). The number of nitrogens with one attached hydrogen (secondary N) is 1. The predicted molar refractivity (Wildman–Crippen MR) is 71.0 cm³/mol. The maximum absolute atomic E-state index is 5.17. The Balaban J connectivity index is 2.00. The molecule has 2 nitrogen and oxygen atoms in total. The smallest absolute Gasteiger partial charge is 0.0805 e. The Labute approximate surface area is 105 Å². The van der Waals surface area contributed by atoms with Crippen LogP contribution in [-0.2, 0) is 24.4 Å². The van der Waals surface area contributed by atoms with Crippen LogP contribution in [0.2, 0.25) is 0 Å². The lowest BCUT2D eigenvalue weighted by molar-refractivity contribution is 0.187. The third kappa shape index (κ3) is 2.02. The van der Waals surface area contributed by atoms with E-state index in [0.29, 0.717) is 6.61 Å². The van der Waals surface area contributed by atoms with Gasteiger partial charge in [-0.2, -0.15) is 0 Å². The summed E-state index contributed by atoms with van der Waals surface area (Å²) in [6.07, 6.45) is 0. The van der Waals surface area contributed by atoms with Crippen LogP contribution in [0.25, 0.3) is 11.1 Å². The molecule has 0 atom stereocenters. The second-order valence-electron chi connectivity index (χ2n) is 4.28. The summed E-state index contributed by atoms with van der Waals surface area (Å²) in [7, 11) is 1.74. The van der Waals surface area contributed by atoms with Crippen molar-refractivity contribution >= 4 is 11.3 Å². The SMILES string of the molecule is COCc1cc(-c2cccc3c2CNC3)cs1. The van der Waals surface area contributed by atoms with Gasteiger partial charge in [-0.15, -0.1) is 11.3 Å². The number of thiophene rings is 1. The molecule has 0 aliphatic carbocycles. The molecule has 1 aromatic carbocycles. The lowest BCUT2D eigenvalue weighted by Crippen LogP contribution is -2.00. The van der Waals surface area contributed by atoms with Gasteiger partial charge in [-0.25, -0.2) is 0 Å². The van der Waals surface area contributed by atoms with Crippen molar-refractivity contribution in [3.8, 4) is 11.1 Å². The first kappa shape index (κ1) is 11.0. The minimum Gasteiger partial charge on any atom is -0.379 e. The molecule has 88 valence electrons. The minimum atomic E-state index is 0.706. The Bertz CT molecular complexity index is 533. The lowest BCUT2D eigenvalue weighted by atomic mass is 9.99. The fourth-order valence-electron chi connectivity index (χ4n) is 2.34. The molecule has 1 aliphatic heterocycles. The summed E-state index contributed by atoms with van der Waals surface area (Å²) in [5, 5.41) is 5.63.